The van der Waals surface area contributed by atoms with Crippen molar-refractivity contribution in [3.8, 4) is 0 Å². The third-order valence-corrected chi connectivity index (χ3v) is 6.50. The van der Waals surface area contributed by atoms with Gasteiger partial charge in [-0.05, 0) is 55.7 Å². The summed E-state index contributed by atoms with van der Waals surface area (Å²) in [7, 11) is -3.55. The summed E-state index contributed by atoms with van der Waals surface area (Å²) in [5.41, 5.74) is 1.27. The van der Waals surface area contributed by atoms with E-state index < -0.39 is 10.0 Å². The highest BCUT2D eigenvalue weighted by Crippen LogP contribution is 2.21. The lowest BCUT2D eigenvalue weighted by Gasteiger charge is -2.26. The minimum absolute atomic E-state index is 0.170. The van der Waals surface area contributed by atoms with Crippen molar-refractivity contribution >= 4 is 15.9 Å². The highest BCUT2D eigenvalue weighted by Gasteiger charge is 2.26. The number of aromatic nitrogens is 1. The van der Waals surface area contributed by atoms with Gasteiger partial charge in [0.2, 0.25) is 10.0 Å². The molecule has 3 rings (SSSR count). The van der Waals surface area contributed by atoms with E-state index in [0.29, 0.717) is 18.7 Å². The summed E-state index contributed by atoms with van der Waals surface area (Å²) in [4.78, 5) is 16.7. The van der Waals surface area contributed by atoms with Gasteiger partial charge in [0.1, 0.15) is 0 Å². The summed E-state index contributed by atoms with van der Waals surface area (Å²) < 4.78 is 27.1. The summed E-state index contributed by atoms with van der Waals surface area (Å²) >= 11 is 0. The number of sulfonamides is 1. The van der Waals surface area contributed by atoms with Gasteiger partial charge < -0.3 is 5.32 Å². The zero-order valence-electron chi connectivity index (χ0n) is 14.8. The predicted octanol–water partition coefficient (Wildman–Crippen LogP) is 2.75. The van der Waals surface area contributed by atoms with Gasteiger partial charge in [0.05, 0.1) is 10.9 Å². The third kappa shape index (κ3) is 4.11. The number of hydrogen-bond donors (Lipinski definition) is 1. The van der Waals surface area contributed by atoms with Crippen molar-refractivity contribution in [1.29, 1.82) is 0 Å². The number of nitrogens with zero attached hydrogens (tertiary/aromatic N) is 2. The first-order valence-corrected chi connectivity index (χ1v) is 10.2. The van der Waals surface area contributed by atoms with Crippen molar-refractivity contribution in [1.82, 2.24) is 14.6 Å². The molecule has 1 N–H and O–H groups in total. The van der Waals surface area contributed by atoms with Crippen molar-refractivity contribution in [3.63, 3.8) is 0 Å². The minimum atomic E-state index is -3.55. The number of amides is 1. The average molecular weight is 373 g/mol. The van der Waals surface area contributed by atoms with E-state index in [-0.39, 0.29) is 16.8 Å². The molecule has 0 bridgehead atoms. The van der Waals surface area contributed by atoms with E-state index in [9.17, 15) is 13.2 Å². The second-order valence-electron chi connectivity index (χ2n) is 6.47. The highest BCUT2D eigenvalue weighted by atomic mass is 32.2. The zero-order chi connectivity index (χ0) is 18.6. The monoisotopic (exact) mass is 373 g/mol. The van der Waals surface area contributed by atoms with Crippen LogP contribution in [0.15, 0.2) is 53.7 Å². The molecule has 0 aliphatic carbocycles. The van der Waals surface area contributed by atoms with Crippen LogP contribution < -0.4 is 5.32 Å². The molecule has 1 amide bonds. The standard InChI is InChI=1S/C19H23N3O3S/c1-15(16-8-10-20-11-9-16)21-19(23)17-6-5-7-18(14-17)26(24,25)22-12-3-2-4-13-22/h5-11,14-15H,2-4,12-13H2,1H3,(H,21,23)/t15-/m1/s1. The summed E-state index contributed by atoms with van der Waals surface area (Å²) in [6.07, 6.45) is 6.15. The quantitative estimate of drug-likeness (QED) is 0.874. The fourth-order valence-electron chi connectivity index (χ4n) is 3.07. The van der Waals surface area contributed by atoms with Crippen molar-refractivity contribution in [2.45, 2.75) is 37.1 Å². The van der Waals surface area contributed by atoms with Crippen LogP contribution in [0.5, 0.6) is 0 Å². The number of piperidine rings is 1. The molecule has 1 aromatic heterocycles. The third-order valence-electron chi connectivity index (χ3n) is 4.60. The maximum Gasteiger partial charge on any atom is 0.251 e. The van der Waals surface area contributed by atoms with E-state index >= 15 is 0 Å². The van der Waals surface area contributed by atoms with Crippen LogP contribution in [0.4, 0.5) is 0 Å². The van der Waals surface area contributed by atoms with Gasteiger partial charge in [-0.2, -0.15) is 4.31 Å². The van der Waals surface area contributed by atoms with Crippen LogP contribution in [-0.2, 0) is 10.0 Å². The fourth-order valence-corrected chi connectivity index (χ4v) is 4.63. The predicted molar refractivity (Wildman–Crippen MR) is 99.2 cm³/mol. The number of carbonyl (C=O) groups is 1. The van der Waals surface area contributed by atoms with Crippen LogP contribution in [0.25, 0.3) is 0 Å². The Labute approximate surface area is 154 Å². The topological polar surface area (TPSA) is 79.4 Å². The molecule has 26 heavy (non-hydrogen) atoms. The fraction of sp³-hybridized carbons (Fsp3) is 0.368. The Kier molecular flexibility index (Phi) is 5.68. The highest BCUT2D eigenvalue weighted by molar-refractivity contribution is 7.89. The van der Waals surface area contributed by atoms with Gasteiger partial charge in [-0.3, -0.25) is 9.78 Å². The smallest absolute Gasteiger partial charge is 0.251 e. The average Bonchev–Trinajstić information content (AvgIpc) is 2.69. The lowest BCUT2D eigenvalue weighted by Crippen LogP contribution is -2.35. The number of benzene rings is 1. The SMILES string of the molecule is C[C@@H](NC(=O)c1cccc(S(=O)(=O)N2CCCCC2)c1)c1ccncc1. The Morgan fingerprint density at radius 2 is 1.81 bits per heavy atom. The summed E-state index contributed by atoms with van der Waals surface area (Å²) in [6, 6.07) is 9.72. The molecule has 0 unspecified atom stereocenters. The summed E-state index contributed by atoms with van der Waals surface area (Å²) in [5, 5.41) is 2.90. The van der Waals surface area contributed by atoms with Gasteiger partial charge >= 0.3 is 0 Å². The zero-order valence-corrected chi connectivity index (χ0v) is 15.6. The number of hydrogen-bond acceptors (Lipinski definition) is 4. The first kappa shape index (κ1) is 18.5. The van der Waals surface area contributed by atoms with Gasteiger partial charge in [-0.15, -0.1) is 0 Å². The Morgan fingerprint density at radius 1 is 1.12 bits per heavy atom. The molecule has 1 aliphatic rings. The van der Waals surface area contributed by atoms with E-state index in [1.165, 1.54) is 10.4 Å². The van der Waals surface area contributed by atoms with Crippen molar-refractivity contribution in [2.24, 2.45) is 0 Å². The normalized spacial score (nSPS) is 16.8. The van der Waals surface area contributed by atoms with Crippen LogP contribution >= 0.6 is 0 Å². The number of rotatable bonds is 5. The number of carbonyl (C=O) groups excluding carboxylic acids is 1. The van der Waals surface area contributed by atoms with Crippen LogP contribution in [0, 0.1) is 0 Å². The molecule has 1 aliphatic heterocycles. The van der Waals surface area contributed by atoms with E-state index in [1.807, 2.05) is 19.1 Å². The Bertz CT molecular complexity index is 863. The molecule has 0 saturated carbocycles. The van der Waals surface area contributed by atoms with Crippen molar-refractivity contribution in [2.75, 3.05) is 13.1 Å². The lowest BCUT2D eigenvalue weighted by molar-refractivity contribution is 0.0939. The Balaban J connectivity index is 1.77. The molecule has 1 saturated heterocycles. The van der Waals surface area contributed by atoms with E-state index in [2.05, 4.69) is 10.3 Å². The van der Waals surface area contributed by atoms with Crippen molar-refractivity contribution in [3.05, 3.63) is 59.9 Å². The molecular weight excluding hydrogens is 350 g/mol. The molecule has 2 heterocycles. The molecule has 0 radical (unpaired) electrons. The number of nitrogens with one attached hydrogen (secondary N) is 1. The molecule has 2 aromatic rings. The molecule has 1 atom stereocenters. The minimum Gasteiger partial charge on any atom is -0.346 e. The van der Waals surface area contributed by atoms with Gasteiger partial charge in [0.15, 0.2) is 0 Å². The van der Waals surface area contributed by atoms with E-state index in [0.717, 1.165) is 24.8 Å². The van der Waals surface area contributed by atoms with Crippen LogP contribution in [0.3, 0.4) is 0 Å². The van der Waals surface area contributed by atoms with Gasteiger partial charge in [-0.25, -0.2) is 8.42 Å². The first-order valence-electron chi connectivity index (χ1n) is 8.79. The maximum absolute atomic E-state index is 12.8. The molecule has 138 valence electrons. The largest absolute Gasteiger partial charge is 0.346 e. The second kappa shape index (κ2) is 7.97. The maximum atomic E-state index is 12.8. The van der Waals surface area contributed by atoms with Crippen molar-refractivity contribution < 1.29 is 13.2 Å². The van der Waals surface area contributed by atoms with E-state index in [4.69, 9.17) is 0 Å². The first-order chi connectivity index (χ1) is 12.5. The van der Waals surface area contributed by atoms with Gasteiger partial charge in [-0.1, -0.05) is 12.5 Å². The summed E-state index contributed by atoms with van der Waals surface area (Å²) in [6.45, 7) is 2.96. The van der Waals surface area contributed by atoms with Gasteiger partial charge in [0, 0.05) is 31.0 Å². The van der Waals surface area contributed by atoms with Crippen LogP contribution in [-0.4, -0.2) is 36.7 Å². The molecule has 6 nitrogen and oxygen atoms in total. The lowest BCUT2D eigenvalue weighted by atomic mass is 10.1. The Morgan fingerprint density at radius 3 is 2.50 bits per heavy atom. The number of pyridine rings is 1. The van der Waals surface area contributed by atoms with Gasteiger partial charge in [0.25, 0.3) is 5.91 Å². The molecular formula is C19H23N3O3S. The van der Waals surface area contributed by atoms with Crippen LogP contribution in [0.2, 0.25) is 0 Å². The molecule has 1 aromatic carbocycles. The second-order valence-corrected chi connectivity index (χ2v) is 8.41. The molecule has 0 spiro atoms. The summed E-state index contributed by atoms with van der Waals surface area (Å²) in [5.74, 6) is -0.301. The van der Waals surface area contributed by atoms with E-state index in [1.54, 1.807) is 30.6 Å². The molecule has 1 fully saturated rings. The molecule has 7 heteroatoms. The Hall–Kier alpha value is -2.25. The van der Waals surface area contributed by atoms with Crippen LogP contribution in [0.1, 0.15) is 48.1 Å².